The van der Waals surface area contributed by atoms with Crippen LogP contribution in [0, 0.1) is 0 Å². The Hall–Kier alpha value is -0.900. The lowest BCUT2D eigenvalue weighted by molar-refractivity contribution is -0.111. The van der Waals surface area contributed by atoms with E-state index < -0.39 is 0 Å². The summed E-state index contributed by atoms with van der Waals surface area (Å²) < 4.78 is 0. The van der Waals surface area contributed by atoms with Crippen LogP contribution in [0.25, 0.3) is 0 Å². The minimum absolute atomic E-state index is 0.172. The highest BCUT2D eigenvalue weighted by molar-refractivity contribution is 6.38. The van der Waals surface area contributed by atoms with Gasteiger partial charge in [0.25, 0.3) is 0 Å². The standard InChI is InChI=1S/C7H14N2O2/c1-6(10)7(8-11)4-5-9(2)3/h11H,4-5H2,1-3H3/b8-7-. The van der Waals surface area contributed by atoms with Crippen molar-refractivity contribution >= 4 is 11.5 Å². The second-order valence-corrected chi connectivity index (χ2v) is 2.66. The van der Waals surface area contributed by atoms with Gasteiger partial charge in [-0.15, -0.1) is 0 Å². The molecular weight excluding hydrogens is 144 g/mol. The number of hydrogen-bond acceptors (Lipinski definition) is 4. The fourth-order valence-corrected chi connectivity index (χ4v) is 0.626. The zero-order valence-corrected chi connectivity index (χ0v) is 7.16. The first kappa shape index (κ1) is 10.1. The summed E-state index contributed by atoms with van der Waals surface area (Å²) in [6.07, 6.45) is 0.499. The zero-order chi connectivity index (χ0) is 8.85. The number of carbonyl (C=O) groups excluding carboxylic acids is 1. The van der Waals surface area contributed by atoms with E-state index in [-0.39, 0.29) is 11.5 Å². The van der Waals surface area contributed by atoms with E-state index in [1.165, 1.54) is 6.92 Å². The second-order valence-electron chi connectivity index (χ2n) is 2.66. The molecule has 0 heterocycles. The first-order valence-electron chi connectivity index (χ1n) is 3.44. The normalized spacial score (nSPS) is 12.2. The van der Waals surface area contributed by atoms with Crippen LogP contribution in [0.3, 0.4) is 0 Å². The first-order chi connectivity index (χ1) is 5.07. The molecule has 0 saturated carbocycles. The van der Waals surface area contributed by atoms with Gasteiger partial charge in [0.2, 0.25) is 0 Å². The van der Waals surface area contributed by atoms with Crippen molar-refractivity contribution in [1.82, 2.24) is 4.90 Å². The molecular formula is C7H14N2O2. The number of nitrogens with zero attached hydrogens (tertiary/aromatic N) is 2. The van der Waals surface area contributed by atoms with Crippen LogP contribution in [0.2, 0.25) is 0 Å². The van der Waals surface area contributed by atoms with Gasteiger partial charge in [0.05, 0.1) is 0 Å². The van der Waals surface area contributed by atoms with Gasteiger partial charge in [0.15, 0.2) is 5.78 Å². The average Bonchev–Trinajstić information content (AvgIpc) is 1.87. The number of hydrogen-bond donors (Lipinski definition) is 1. The number of rotatable bonds is 4. The summed E-state index contributed by atoms with van der Waals surface area (Å²) in [6.45, 7) is 2.11. The molecule has 0 aliphatic carbocycles. The van der Waals surface area contributed by atoms with E-state index in [4.69, 9.17) is 5.21 Å². The number of oxime groups is 1. The van der Waals surface area contributed by atoms with Crippen LogP contribution < -0.4 is 0 Å². The van der Waals surface area contributed by atoms with E-state index in [9.17, 15) is 4.79 Å². The molecule has 0 aromatic heterocycles. The molecule has 0 aliphatic heterocycles. The van der Waals surface area contributed by atoms with Crippen LogP contribution in [0.4, 0.5) is 0 Å². The van der Waals surface area contributed by atoms with Gasteiger partial charge in [0.1, 0.15) is 5.71 Å². The van der Waals surface area contributed by atoms with Crippen molar-refractivity contribution in [3.05, 3.63) is 0 Å². The van der Waals surface area contributed by atoms with Crippen LogP contribution in [-0.4, -0.2) is 42.2 Å². The number of Topliss-reactive ketones (excluding diaryl/α,β-unsaturated/α-hetero) is 1. The second kappa shape index (κ2) is 4.85. The van der Waals surface area contributed by atoms with Crippen molar-refractivity contribution in [3.8, 4) is 0 Å². The maximum atomic E-state index is 10.7. The predicted octanol–water partition coefficient (Wildman–Crippen LogP) is 0.357. The third-order valence-corrected chi connectivity index (χ3v) is 1.32. The summed E-state index contributed by atoms with van der Waals surface area (Å²) in [7, 11) is 3.80. The summed E-state index contributed by atoms with van der Waals surface area (Å²) in [5.74, 6) is -0.172. The number of ketones is 1. The summed E-state index contributed by atoms with van der Waals surface area (Å²) in [6, 6.07) is 0. The molecule has 4 nitrogen and oxygen atoms in total. The summed E-state index contributed by atoms with van der Waals surface area (Å²) >= 11 is 0. The molecule has 11 heavy (non-hydrogen) atoms. The van der Waals surface area contributed by atoms with Gasteiger partial charge in [-0.1, -0.05) is 5.16 Å². The Labute approximate surface area is 66.5 Å². The molecule has 0 amide bonds. The lowest BCUT2D eigenvalue weighted by atomic mass is 10.2. The molecule has 0 aromatic carbocycles. The minimum Gasteiger partial charge on any atom is -0.411 e. The van der Waals surface area contributed by atoms with E-state index in [1.54, 1.807) is 0 Å². The van der Waals surface area contributed by atoms with Crippen molar-refractivity contribution < 1.29 is 10.0 Å². The van der Waals surface area contributed by atoms with E-state index in [2.05, 4.69) is 5.16 Å². The average molecular weight is 158 g/mol. The van der Waals surface area contributed by atoms with Crippen LogP contribution in [-0.2, 0) is 4.79 Å². The molecule has 64 valence electrons. The van der Waals surface area contributed by atoms with Gasteiger partial charge in [-0.3, -0.25) is 4.79 Å². The fraction of sp³-hybridized carbons (Fsp3) is 0.714. The van der Waals surface area contributed by atoms with Gasteiger partial charge in [-0.05, 0) is 14.1 Å². The largest absolute Gasteiger partial charge is 0.411 e. The minimum atomic E-state index is -0.172. The molecule has 0 spiro atoms. The van der Waals surface area contributed by atoms with Crippen LogP contribution in [0.5, 0.6) is 0 Å². The maximum Gasteiger partial charge on any atom is 0.177 e. The third kappa shape index (κ3) is 4.50. The molecule has 0 fully saturated rings. The molecule has 0 saturated heterocycles. The van der Waals surface area contributed by atoms with Gasteiger partial charge in [0, 0.05) is 19.9 Å². The van der Waals surface area contributed by atoms with Crippen molar-refractivity contribution in [2.45, 2.75) is 13.3 Å². The number of carbonyl (C=O) groups is 1. The van der Waals surface area contributed by atoms with E-state index in [0.29, 0.717) is 6.42 Å². The lowest BCUT2D eigenvalue weighted by Gasteiger charge is -2.07. The van der Waals surface area contributed by atoms with E-state index in [1.807, 2.05) is 19.0 Å². The van der Waals surface area contributed by atoms with Crippen LogP contribution in [0.1, 0.15) is 13.3 Å². The SMILES string of the molecule is CC(=O)/C(CCN(C)C)=N\O. The molecule has 0 rings (SSSR count). The van der Waals surface area contributed by atoms with Crippen LogP contribution >= 0.6 is 0 Å². The zero-order valence-electron chi connectivity index (χ0n) is 7.16. The summed E-state index contributed by atoms with van der Waals surface area (Å²) in [5.41, 5.74) is 0.235. The first-order valence-corrected chi connectivity index (χ1v) is 3.44. The molecule has 1 N–H and O–H groups in total. The fourth-order valence-electron chi connectivity index (χ4n) is 0.626. The lowest BCUT2D eigenvalue weighted by Crippen LogP contribution is -2.20. The Morgan fingerprint density at radius 3 is 2.36 bits per heavy atom. The van der Waals surface area contributed by atoms with Crippen molar-refractivity contribution in [2.75, 3.05) is 20.6 Å². The van der Waals surface area contributed by atoms with E-state index >= 15 is 0 Å². The molecule has 0 bridgehead atoms. The van der Waals surface area contributed by atoms with Gasteiger partial charge < -0.3 is 10.1 Å². The van der Waals surface area contributed by atoms with Gasteiger partial charge in [-0.25, -0.2) is 0 Å². The monoisotopic (exact) mass is 158 g/mol. The van der Waals surface area contributed by atoms with Crippen molar-refractivity contribution in [1.29, 1.82) is 0 Å². The molecule has 0 atom stereocenters. The Morgan fingerprint density at radius 1 is 1.55 bits per heavy atom. The Kier molecular flexibility index (Phi) is 4.45. The smallest absolute Gasteiger partial charge is 0.177 e. The van der Waals surface area contributed by atoms with Gasteiger partial charge in [-0.2, -0.15) is 0 Å². The quantitative estimate of drug-likeness (QED) is 0.365. The Bertz CT molecular complexity index is 164. The molecule has 0 radical (unpaired) electrons. The molecule has 0 aliphatic rings. The summed E-state index contributed by atoms with van der Waals surface area (Å²) in [4.78, 5) is 12.6. The van der Waals surface area contributed by atoms with Crippen molar-refractivity contribution in [3.63, 3.8) is 0 Å². The Balaban J connectivity index is 3.82. The molecule has 0 unspecified atom stereocenters. The topological polar surface area (TPSA) is 52.9 Å². The highest BCUT2D eigenvalue weighted by atomic mass is 16.4. The highest BCUT2D eigenvalue weighted by Crippen LogP contribution is 1.90. The highest BCUT2D eigenvalue weighted by Gasteiger charge is 2.05. The predicted molar refractivity (Wildman–Crippen MR) is 43.1 cm³/mol. The van der Waals surface area contributed by atoms with Crippen LogP contribution in [0.15, 0.2) is 5.16 Å². The van der Waals surface area contributed by atoms with Gasteiger partial charge >= 0.3 is 0 Å². The Morgan fingerprint density at radius 2 is 2.09 bits per heavy atom. The van der Waals surface area contributed by atoms with E-state index in [0.717, 1.165) is 6.54 Å². The maximum absolute atomic E-state index is 10.7. The summed E-state index contributed by atoms with van der Waals surface area (Å²) in [5, 5.41) is 11.3. The van der Waals surface area contributed by atoms with Crippen molar-refractivity contribution in [2.24, 2.45) is 5.16 Å². The molecule has 4 heteroatoms. The molecule has 0 aromatic rings. The third-order valence-electron chi connectivity index (χ3n) is 1.32.